The molecule has 4 aromatic rings. The van der Waals surface area contributed by atoms with Gasteiger partial charge in [0.1, 0.15) is 35.3 Å². The smallest absolute Gasteiger partial charge is 0.319 e. The van der Waals surface area contributed by atoms with E-state index >= 15 is 8.78 Å². The van der Waals surface area contributed by atoms with Gasteiger partial charge in [-0.2, -0.15) is 9.97 Å². The van der Waals surface area contributed by atoms with Crippen LogP contribution in [0.4, 0.5) is 19.0 Å². The third-order valence-corrected chi connectivity index (χ3v) is 8.41. The zero-order valence-corrected chi connectivity index (χ0v) is 23.3. The zero-order valence-electron chi connectivity index (χ0n) is 23.3. The van der Waals surface area contributed by atoms with Crippen LogP contribution in [0.3, 0.4) is 0 Å². The Balaban J connectivity index is 1.59. The largest absolute Gasteiger partial charge is 0.508 e. The highest BCUT2D eigenvalue weighted by Gasteiger charge is 2.35. The molecule has 0 spiro atoms. The number of aryl methyl sites for hydroxylation is 1. The van der Waals surface area contributed by atoms with Gasteiger partial charge in [0, 0.05) is 30.6 Å². The number of hydrogen-bond acceptors (Lipinski definition) is 7. The number of aliphatic hydroxyl groups is 1. The Morgan fingerprint density at radius 1 is 1.05 bits per heavy atom. The summed E-state index contributed by atoms with van der Waals surface area (Å²) in [6.45, 7) is 6.29. The first-order chi connectivity index (χ1) is 19.6. The summed E-state index contributed by atoms with van der Waals surface area (Å²) in [6, 6.07) is 7.00. The summed E-state index contributed by atoms with van der Waals surface area (Å²) in [4.78, 5) is 10.9. The molecule has 2 fully saturated rings. The lowest BCUT2D eigenvalue weighted by Gasteiger charge is -2.34. The van der Waals surface area contributed by atoms with E-state index in [9.17, 15) is 14.6 Å². The Kier molecular flexibility index (Phi) is 6.94. The van der Waals surface area contributed by atoms with Crippen molar-refractivity contribution in [3.63, 3.8) is 0 Å². The lowest BCUT2D eigenvalue weighted by atomic mass is 9.91. The second kappa shape index (κ2) is 10.3. The number of phenols is 1. The van der Waals surface area contributed by atoms with Crippen LogP contribution in [-0.2, 0) is 6.42 Å². The second-order valence-electron chi connectivity index (χ2n) is 11.4. The van der Waals surface area contributed by atoms with Crippen LogP contribution in [0, 0.1) is 17.5 Å². The van der Waals surface area contributed by atoms with Crippen molar-refractivity contribution >= 4 is 27.5 Å². The molecule has 3 aromatic carbocycles. The van der Waals surface area contributed by atoms with Gasteiger partial charge >= 0.3 is 6.01 Å². The monoisotopic (exact) mass is 566 g/mol. The molecule has 7 nitrogen and oxygen atoms in total. The molecule has 1 aromatic heterocycles. The number of nitrogens with zero attached hydrogens (tertiary/aromatic N) is 3. The van der Waals surface area contributed by atoms with Gasteiger partial charge in [0.25, 0.3) is 0 Å². The molecule has 2 bridgehead atoms. The third-order valence-electron chi connectivity index (χ3n) is 8.41. The number of ether oxygens (including phenoxy) is 1. The maximum atomic E-state index is 16.6. The first kappa shape index (κ1) is 27.5. The fourth-order valence-corrected chi connectivity index (χ4v) is 6.05. The molecule has 3 heterocycles. The number of rotatable bonds is 7. The van der Waals surface area contributed by atoms with Gasteiger partial charge in [-0.25, -0.2) is 13.2 Å². The Morgan fingerprint density at radius 2 is 1.78 bits per heavy atom. The molecule has 3 atom stereocenters. The van der Waals surface area contributed by atoms with Crippen LogP contribution in [0.2, 0.25) is 0 Å². The minimum atomic E-state index is -1.15. The summed E-state index contributed by atoms with van der Waals surface area (Å²) < 4.78 is 53.3. The highest BCUT2D eigenvalue weighted by atomic mass is 19.1. The average Bonchev–Trinajstić information content (AvgIpc) is 3.29. The Hall–Kier alpha value is -3.63. The van der Waals surface area contributed by atoms with E-state index in [1.54, 1.807) is 13.8 Å². The number of aromatic nitrogens is 2. The molecule has 216 valence electrons. The van der Waals surface area contributed by atoms with Gasteiger partial charge < -0.3 is 25.2 Å². The van der Waals surface area contributed by atoms with E-state index < -0.39 is 28.6 Å². The van der Waals surface area contributed by atoms with Gasteiger partial charge in [-0.3, -0.25) is 0 Å². The van der Waals surface area contributed by atoms with Crippen molar-refractivity contribution in [3.8, 4) is 22.9 Å². The van der Waals surface area contributed by atoms with E-state index in [1.807, 2.05) is 11.8 Å². The summed E-state index contributed by atoms with van der Waals surface area (Å²) in [6.07, 6.45) is 2.70. The van der Waals surface area contributed by atoms with Gasteiger partial charge in [-0.1, -0.05) is 19.9 Å². The number of hydrogen-bond donors (Lipinski definition) is 3. The lowest BCUT2D eigenvalue weighted by molar-refractivity contribution is 0.00555. The minimum absolute atomic E-state index is 0.0324. The molecule has 3 unspecified atom stereocenters. The van der Waals surface area contributed by atoms with E-state index in [1.165, 1.54) is 30.3 Å². The predicted molar refractivity (Wildman–Crippen MR) is 152 cm³/mol. The van der Waals surface area contributed by atoms with Crippen molar-refractivity contribution in [3.05, 3.63) is 53.3 Å². The molecule has 2 aliphatic heterocycles. The molecule has 3 N–H and O–H groups in total. The molecule has 10 heteroatoms. The van der Waals surface area contributed by atoms with Gasteiger partial charge in [0.15, 0.2) is 5.82 Å². The molecule has 41 heavy (non-hydrogen) atoms. The van der Waals surface area contributed by atoms with E-state index in [0.717, 1.165) is 12.8 Å². The topological polar surface area (TPSA) is 90.7 Å². The molecule has 0 saturated carbocycles. The van der Waals surface area contributed by atoms with Crippen LogP contribution in [0.25, 0.3) is 32.8 Å². The van der Waals surface area contributed by atoms with E-state index in [-0.39, 0.29) is 53.3 Å². The standard InChI is InChI=1S/C31H33F3N4O3/c1-4-20-23(32)9-6-16-10-19(39)11-21(25(16)20)26-24(33)12-22-28(27(26)34)36-30(41-15-31(3,40)5-2)37-29(22)38-13-17-7-8-18(14-38)35-17/h6,9-12,17-18,35,39-40H,4-5,7-8,13-15H2,1-3H3. The number of benzene rings is 3. The van der Waals surface area contributed by atoms with Gasteiger partial charge in [0.2, 0.25) is 0 Å². The molecular weight excluding hydrogens is 533 g/mol. The normalized spacial score (nSPS) is 20.1. The molecule has 2 saturated heterocycles. The number of halogens is 3. The predicted octanol–water partition coefficient (Wildman–Crippen LogP) is 5.62. The summed E-state index contributed by atoms with van der Waals surface area (Å²) in [5.41, 5.74) is -1.41. The van der Waals surface area contributed by atoms with Crippen LogP contribution in [0.1, 0.15) is 45.6 Å². The Morgan fingerprint density at radius 3 is 2.46 bits per heavy atom. The number of anilines is 1. The summed E-state index contributed by atoms with van der Waals surface area (Å²) in [5.74, 6) is -2.19. The number of fused-ring (bicyclic) bond motifs is 4. The molecule has 2 aliphatic rings. The van der Waals surface area contributed by atoms with Gasteiger partial charge in [-0.05, 0) is 78.8 Å². The van der Waals surface area contributed by atoms with Crippen molar-refractivity contribution in [2.45, 2.75) is 64.1 Å². The molecule has 0 aliphatic carbocycles. The fraction of sp³-hybridized carbons (Fsp3) is 0.419. The van der Waals surface area contributed by atoms with Crippen LogP contribution in [0.15, 0.2) is 30.3 Å². The summed E-state index contributed by atoms with van der Waals surface area (Å²) in [7, 11) is 0. The number of phenolic OH excluding ortho intramolecular Hbond substituents is 1. The first-order valence-electron chi connectivity index (χ1n) is 14.1. The lowest BCUT2D eigenvalue weighted by Crippen LogP contribution is -2.51. The van der Waals surface area contributed by atoms with Crippen molar-refractivity contribution in [1.82, 2.24) is 15.3 Å². The maximum Gasteiger partial charge on any atom is 0.319 e. The number of aromatic hydroxyl groups is 1. The van der Waals surface area contributed by atoms with Crippen molar-refractivity contribution in [2.75, 3.05) is 24.6 Å². The molecule has 0 amide bonds. The Labute approximate surface area is 236 Å². The van der Waals surface area contributed by atoms with E-state index in [4.69, 9.17) is 4.74 Å². The van der Waals surface area contributed by atoms with Crippen LogP contribution < -0.4 is 15.0 Å². The highest BCUT2D eigenvalue weighted by molar-refractivity contribution is 6.03. The minimum Gasteiger partial charge on any atom is -0.508 e. The van der Waals surface area contributed by atoms with Crippen LogP contribution >= 0.6 is 0 Å². The summed E-state index contributed by atoms with van der Waals surface area (Å²) in [5, 5.41) is 25.5. The number of nitrogens with one attached hydrogen (secondary N) is 1. The summed E-state index contributed by atoms with van der Waals surface area (Å²) >= 11 is 0. The van der Waals surface area contributed by atoms with Crippen molar-refractivity contribution < 1.29 is 28.1 Å². The fourth-order valence-electron chi connectivity index (χ4n) is 6.05. The zero-order chi connectivity index (χ0) is 29.1. The maximum absolute atomic E-state index is 16.6. The molecular formula is C31H33F3N4O3. The van der Waals surface area contributed by atoms with Crippen molar-refractivity contribution in [1.29, 1.82) is 0 Å². The molecule has 0 radical (unpaired) electrons. The first-order valence-corrected chi connectivity index (χ1v) is 14.1. The van der Waals surface area contributed by atoms with Crippen LogP contribution in [0.5, 0.6) is 11.8 Å². The molecule has 6 rings (SSSR count). The SMILES string of the molecule is CCc1c(F)ccc2cc(O)cc(-c3c(F)cc4c(N5CC6CCC(C5)N6)nc(OCC(C)(O)CC)nc4c3F)c12. The van der Waals surface area contributed by atoms with Crippen molar-refractivity contribution in [2.24, 2.45) is 0 Å². The van der Waals surface area contributed by atoms with E-state index in [0.29, 0.717) is 41.7 Å². The van der Waals surface area contributed by atoms with Crippen LogP contribution in [-0.4, -0.2) is 57.6 Å². The highest BCUT2D eigenvalue weighted by Crippen LogP contribution is 2.42. The van der Waals surface area contributed by atoms with E-state index in [2.05, 4.69) is 15.3 Å². The quantitative estimate of drug-likeness (QED) is 0.268. The third kappa shape index (κ3) is 4.93. The second-order valence-corrected chi connectivity index (χ2v) is 11.4. The number of piperazine rings is 1. The van der Waals surface area contributed by atoms with Gasteiger partial charge in [0.05, 0.1) is 11.2 Å². The van der Waals surface area contributed by atoms with Gasteiger partial charge in [-0.15, -0.1) is 0 Å². The Bertz CT molecular complexity index is 1650. The average molecular weight is 567 g/mol.